The normalized spacial score (nSPS) is 30.6. The zero-order valence-electron chi connectivity index (χ0n) is 15.2. The van der Waals surface area contributed by atoms with E-state index in [9.17, 15) is 9.90 Å². The number of hydrogen-bond acceptors (Lipinski definition) is 3. The molecule has 5 heteroatoms. The van der Waals surface area contributed by atoms with E-state index in [1.807, 2.05) is 6.07 Å². The Morgan fingerprint density at radius 3 is 2.56 bits per heavy atom. The fraction of sp³-hybridized carbons (Fsp3) is 0.650. The summed E-state index contributed by atoms with van der Waals surface area (Å²) in [5.74, 6) is 0.416. The summed E-state index contributed by atoms with van der Waals surface area (Å²) in [4.78, 5) is 14.8. The highest BCUT2D eigenvalue weighted by Crippen LogP contribution is 2.20. The molecule has 1 aliphatic carbocycles. The van der Waals surface area contributed by atoms with E-state index < -0.39 is 6.10 Å². The third kappa shape index (κ3) is 5.19. The van der Waals surface area contributed by atoms with Crippen molar-refractivity contribution in [1.29, 1.82) is 0 Å². The van der Waals surface area contributed by atoms with Crippen molar-refractivity contribution in [2.24, 2.45) is 5.92 Å². The molecule has 1 aromatic rings. The largest absolute Gasteiger partial charge is 0.391 e. The van der Waals surface area contributed by atoms with Gasteiger partial charge < -0.3 is 15.7 Å². The molecule has 4 atom stereocenters. The maximum atomic E-state index is 12.3. The number of benzene rings is 1. The van der Waals surface area contributed by atoms with Crippen molar-refractivity contribution in [1.82, 2.24) is 15.5 Å². The molecular weight excluding hydrogens is 314 g/mol. The third-order valence-electron chi connectivity index (χ3n) is 5.60. The Morgan fingerprint density at radius 2 is 1.84 bits per heavy atom. The lowest BCUT2D eigenvalue weighted by molar-refractivity contribution is 0.0922. The monoisotopic (exact) mass is 345 g/mol. The number of piperidine rings is 1. The molecule has 1 heterocycles. The summed E-state index contributed by atoms with van der Waals surface area (Å²) in [6, 6.07) is 10.5. The van der Waals surface area contributed by atoms with Crippen LogP contribution in [0.4, 0.5) is 4.79 Å². The topological polar surface area (TPSA) is 64.6 Å². The van der Waals surface area contributed by atoms with Crippen LogP contribution in [0.5, 0.6) is 0 Å². The van der Waals surface area contributed by atoms with Crippen molar-refractivity contribution in [3.63, 3.8) is 0 Å². The van der Waals surface area contributed by atoms with Crippen molar-refractivity contribution in [3.05, 3.63) is 35.9 Å². The number of amides is 2. The fourth-order valence-corrected chi connectivity index (χ4v) is 4.09. The first kappa shape index (κ1) is 18.2. The molecule has 25 heavy (non-hydrogen) atoms. The van der Waals surface area contributed by atoms with Gasteiger partial charge in [0.05, 0.1) is 12.1 Å². The van der Waals surface area contributed by atoms with Crippen LogP contribution >= 0.6 is 0 Å². The van der Waals surface area contributed by atoms with Gasteiger partial charge in [-0.2, -0.15) is 0 Å². The van der Waals surface area contributed by atoms with E-state index >= 15 is 0 Å². The molecule has 0 radical (unpaired) electrons. The van der Waals surface area contributed by atoms with Gasteiger partial charge in [0.1, 0.15) is 0 Å². The predicted molar refractivity (Wildman–Crippen MR) is 99.2 cm³/mol. The van der Waals surface area contributed by atoms with Crippen LogP contribution in [0.2, 0.25) is 0 Å². The number of likely N-dealkylation sites (tertiary alicyclic amines) is 1. The van der Waals surface area contributed by atoms with Crippen molar-refractivity contribution < 1.29 is 9.90 Å². The Balaban J connectivity index is 1.44. The number of carbonyl (C=O) groups excluding carboxylic acids is 1. The Bertz CT molecular complexity index is 551. The zero-order valence-corrected chi connectivity index (χ0v) is 15.2. The first-order valence-electron chi connectivity index (χ1n) is 9.63. The molecule has 2 aliphatic rings. The lowest BCUT2D eigenvalue weighted by Gasteiger charge is -2.38. The maximum Gasteiger partial charge on any atom is 0.315 e. The van der Waals surface area contributed by atoms with Gasteiger partial charge in [-0.05, 0) is 30.7 Å². The highest BCUT2D eigenvalue weighted by Gasteiger charge is 2.29. The van der Waals surface area contributed by atoms with Crippen LogP contribution in [0, 0.1) is 5.92 Å². The number of nitrogens with zero attached hydrogens (tertiary/aromatic N) is 1. The second-order valence-corrected chi connectivity index (χ2v) is 7.67. The summed E-state index contributed by atoms with van der Waals surface area (Å²) in [6.45, 7) is 5.16. The van der Waals surface area contributed by atoms with Crippen molar-refractivity contribution in [3.8, 4) is 0 Å². The van der Waals surface area contributed by atoms with E-state index in [4.69, 9.17) is 0 Å². The molecule has 2 amide bonds. The van der Waals surface area contributed by atoms with Gasteiger partial charge in [-0.1, -0.05) is 50.1 Å². The highest BCUT2D eigenvalue weighted by atomic mass is 16.3. The molecule has 138 valence electrons. The number of carbonyl (C=O) groups is 1. The predicted octanol–water partition coefficient (Wildman–Crippen LogP) is 2.50. The maximum absolute atomic E-state index is 12.3. The first-order valence-corrected chi connectivity index (χ1v) is 9.63. The quantitative estimate of drug-likeness (QED) is 0.786. The van der Waals surface area contributed by atoms with Gasteiger partial charge in [0, 0.05) is 25.7 Å². The molecule has 3 N–H and O–H groups in total. The lowest BCUT2D eigenvalue weighted by atomic mass is 9.92. The molecule has 2 fully saturated rings. The number of rotatable bonds is 4. The van der Waals surface area contributed by atoms with Gasteiger partial charge in [0.2, 0.25) is 0 Å². The van der Waals surface area contributed by atoms with Crippen LogP contribution in [0.25, 0.3) is 0 Å². The van der Waals surface area contributed by atoms with Crippen LogP contribution in [-0.2, 0) is 6.54 Å². The van der Waals surface area contributed by atoms with Crippen LogP contribution in [0.15, 0.2) is 30.3 Å². The first-order chi connectivity index (χ1) is 12.1. The zero-order chi connectivity index (χ0) is 17.6. The molecule has 0 spiro atoms. The minimum absolute atomic E-state index is 0.0952. The standard InChI is InChI=1S/C20H31N3O2/c1-15-13-23(14-16-7-3-2-4-8-16)12-11-17(15)21-20(25)22-18-9-5-6-10-19(18)24/h2-4,7-8,15,17-19,24H,5-6,9-14H2,1H3,(H2,21,22,25). The van der Waals surface area contributed by atoms with Gasteiger partial charge in [-0.25, -0.2) is 4.79 Å². The molecule has 0 bridgehead atoms. The van der Waals surface area contributed by atoms with Gasteiger partial charge in [-0.15, -0.1) is 0 Å². The lowest BCUT2D eigenvalue weighted by Crippen LogP contribution is -2.55. The Morgan fingerprint density at radius 1 is 1.12 bits per heavy atom. The molecule has 3 rings (SSSR count). The molecule has 1 aliphatic heterocycles. The fourth-order valence-electron chi connectivity index (χ4n) is 4.09. The van der Waals surface area contributed by atoms with Gasteiger partial charge in [0.25, 0.3) is 0 Å². The molecule has 1 aromatic carbocycles. The van der Waals surface area contributed by atoms with E-state index in [1.165, 1.54) is 5.56 Å². The second-order valence-electron chi connectivity index (χ2n) is 7.67. The van der Waals surface area contributed by atoms with Crippen LogP contribution in [0.3, 0.4) is 0 Å². The van der Waals surface area contributed by atoms with Crippen LogP contribution in [-0.4, -0.2) is 47.3 Å². The van der Waals surface area contributed by atoms with Gasteiger partial charge in [0.15, 0.2) is 0 Å². The minimum atomic E-state index is -0.398. The smallest absolute Gasteiger partial charge is 0.315 e. The van der Waals surface area contributed by atoms with Crippen molar-refractivity contribution in [2.75, 3.05) is 13.1 Å². The Hall–Kier alpha value is -1.59. The minimum Gasteiger partial charge on any atom is -0.391 e. The average molecular weight is 345 g/mol. The van der Waals surface area contributed by atoms with Crippen molar-refractivity contribution >= 4 is 6.03 Å². The summed E-state index contributed by atoms with van der Waals surface area (Å²) in [6.07, 6.45) is 4.37. The Labute approximate surface area is 150 Å². The van der Waals surface area contributed by atoms with Crippen molar-refractivity contribution in [2.45, 2.75) is 63.8 Å². The SMILES string of the molecule is CC1CN(Cc2ccccc2)CCC1NC(=O)NC1CCCCC1O. The number of aliphatic hydroxyl groups is 1. The molecule has 0 aromatic heterocycles. The summed E-state index contributed by atoms with van der Waals surface area (Å²) in [7, 11) is 0. The summed E-state index contributed by atoms with van der Waals surface area (Å²) >= 11 is 0. The molecule has 5 nitrogen and oxygen atoms in total. The van der Waals surface area contributed by atoms with Gasteiger partial charge >= 0.3 is 6.03 Å². The third-order valence-corrected chi connectivity index (χ3v) is 5.60. The van der Waals surface area contributed by atoms with E-state index in [2.05, 4.69) is 46.7 Å². The van der Waals surface area contributed by atoms with E-state index in [0.29, 0.717) is 5.92 Å². The van der Waals surface area contributed by atoms with Crippen LogP contribution in [0.1, 0.15) is 44.6 Å². The average Bonchev–Trinajstić information content (AvgIpc) is 2.60. The number of nitrogens with one attached hydrogen (secondary N) is 2. The van der Waals surface area contributed by atoms with Crippen LogP contribution < -0.4 is 10.6 Å². The van der Waals surface area contributed by atoms with Gasteiger partial charge in [-0.3, -0.25) is 4.90 Å². The molecule has 1 saturated carbocycles. The summed E-state index contributed by atoms with van der Waals surface area (Å²) in [5, 5.41) is 16.1. The molecular formula is C20H31N3O2. The van der Waals surface area contributed by atoms with E-state index in [0.717, 1.165) is 51.7 Å². The van der Waals surface area contributed by atoms with E-state index in [-0.39, 0.29) is 18.1 Å². The molecule has 1 saturated heterocycles. The number of aliphatic hydroxyl groups excluding tert-OH is 1. The number of urea groups is 1. The second kappa shape index (κ2) is 8.68. The Kier molecular flexibility index (Phi) is 6.32. The summed E-state index contributed by atoms with van der Waals surface area (Å²) in [5.41, 5.74) is 1.34. The summed E-state index contributed by atoms with van der Waals surface area (Å²) < 4.78 is 0. The number of hydrogen-bond donors (Lipinski definition) is 3. The van der Waals surface area contributed by atoms with E-state index in [1.54, 1.807) is 0 Å². The highest BCUT2D eigenvalue weighted by molar-refractivity contribution is 5.74. The molecule has 4 unspecified atom stereocenters.